The molecule has 0 bridgehead atoms. The first-order valence-corrected chi connectivity index (χ1v) is 9.59. The minimum Gasteiger partial charge on any atom is -0.353 e. The van der Waals surface area contributed by atoms with E-state index in [1.165, 1.54) is 22.9 Å². The van der Waals surface area contributed by atoms with Crippen molar-refractivity contribution in [3.05, 3.63) is 60.2 Å². The van der Waals surface area contributed by atoms with Crippen molar-refractivity contribution in [2.45, 2.75) is 43.9 Å². The maximum atomic E-state index is 12.1. The molecule has 1 aliphatic carbocycles. The fraction of sp³-hybridized carbons (Fsp3) is 0.333. The zero-order valence-electron chi connectivity index (χ0n) is 14.4. The summed E-state index contributed by atoms with van der Waals surface area (Å²) in [5, 5.41) is 3.06. The highest BCUT2D eigenvalue weighted by Gasteiger charge is 2.25. The van der Waals surface area contributed by atoms with Gasteiger partial charge >= 0.3 is 0 Å². The van der Waals surface area contributed by atoms with Crippen LogP contribution in [0.2, 0.25) is 0 Å². The van der Waals surface area contributed by atoms with Gasteiger partial charge in [-0.15, -0.1) is 0 Å². The molecule has 1 unspecified atom stereocenters. The lowest BCUT2D eigenvalue weighted by molar-refractivity contribution is -0.121. The Kier molecular flexibility index (Phi) is 5.92. The number of nitrogens with one attached hydrogen (secondary N) is 1. The van der Waals surface area contributed by atoms with E-state index in [0.29, 0.717) is 12.5 Å². The molecular formula is C21H23NO2S. The van der Waals surface area contributed by atoms with E-state index in [0.717, 1.165) is 24.8 Å². The van der Waals surface area contributed by atoms with Crippen LogP contribution in [0, 0.1) is 0 Å². The van der Waals surface area contributed by atoms with Gasteiger partial charge in [-0.05, 0) is 36.0 Å². The Morgan fingerprint density at radius 1 is 1.04 bits per heavy atom. The molecule has 0 radical (unpaired) electrons. The van der Waals surface area contributed by atoms with Gasteiger partial charge in [-0.25, -0.2) is 0 Å². The average molecular weight is 353 g/mol. The van der Waals surface area contributed by atoms with Gasteiger partial charge < -0.3 is 5.32 Å². The van der Waals surface area contributed by atoms with Crippen molar-refractivity contribution in [3.63, 3.8) is 0 Å². The van der Waals surface area contributed by atoms with Crippen molar-refractivity contribution in [3.8, 4) is 11.1 Å². The second kappa shape index (κ2) is 8.34. The van der Waals surface area contributed by atoms with Crippen LogP contribution in [-0.4, -0.2) is 22.3 Å². The minimum atomic E-state index is -0.0150. The Balaban J connectivity index is 1.63. The van der Waals surface area contributed by atoms with Crippen molar-refractivity contribution in [2.24, 2.45) is 0 Å². The van der Waals surface area contributed by atoms with E-state index in [1.807, 2.05) is 18.2 Å². The van der Waals surface area contributed by atoms with Gasteiger partial charge in [-0.2, -0.15) is 0 Å². The third kappa shape index (κ3) is 5.75. The molecule has 1 saturated carbocycles. The lowest BCUT2D eigenvalue weighted by Crippen LogP contribution is -2.29. The number of carbonyl (C=O) groups excluding carboxylic acids is 2. The Morgan fingerprint density at radius 2 is 1.68 bits per heavy atom. The molecule has 1 atom stereocenters. The first kappa shape index (κ1) is 17.7. The number of rotatable bonds is 7. The summed E-state index contributed by atoms with van der Waals surface area (Å²) in [5.41, 5.74) is 3.51. The minimum absolute atomic E-state index is 0.0150. The predicted octanol–water partition coefficient (Wildman–Crippen LogP) is 4.21. The number of benzene rings is 2. The molecule has 3 nitrogen and oxygen atoms in total. The first-order valence-electron chi connectivity index (χ1n) is 8.71. The number of hydrogen-bond acceptors (Lipinski definition) is 3. The van der Waals surface area contributed by atoms with Crippen molar-refractivity contribution in [1.29, 1.82) is 0 Å². The number of thioether (sulfide) groups is 1. The van der Waals surface area contributed by atoms with Gasteiger partial charge in [0.1, 0.15) is 0 Å². The Hall–Kier alpha value is -2.07. The summed E-state index contributed by atoms with van der Waals surface area (Å²) in [6.07, 6.45) is 3.27. The van der Waals surface area contributed by atoms with Crippen LogP contribution < -0.4 is 5.32 Å². The van der Waals surface area contributed by atoms with Gasteiger partial charge in [0.2, 0.25) is 5.91 Å². The van der Waals surface area contributed by atoms with Gasteiger partial charge in [0.15, 0.2) is 5.12 Å². The highest BCUT2D eigenvalue weighted by Crippen LogP contribution is 2.25. The standard InChI is InChI=1S/C21H23NO2S/c1-15(23)25-20(14-21(24)22-19-11-12-19)13-16-7-9-18(10-8-16)17-5-3-2-4-6-17/h2-10,19-20H,11-14H2,1H3,(H,22,24). The first-order chi connectivity index (χ1) is 12.1. The largest absolute Gasteiger partial charge is 0.353 e. The summed E-state index contributed by atoms with van der Waals surface area (Å²) in [5.74, 6) is 0.0576. The second-order valence-electron chi connectivity index (χ2n) is 6.54. The molecule has 1 fully saturated rings. The van der Waals surface area contributed by atoms with Crippen molar-refractivity contribution in [1.82, 2.24) is 5.32 Å². The molecule has 0 heterocycles. The molecular weight excluding hydrogens is 330 g/mol. The third-order valence-electron chi connectivity index (χ3n) is 4.21. The highest BCUT2D eigenvalue weighted by molar-refractivity contribution is 8.14. The van der Waals surface area contributed by atoms with Gasteiger partial charge in [0, 0.05) is 24.6 Å². The van der Waals surface area contributed by atoms with E-state index in [2.05, 4.69) is 41.7 Å². The lowest BCUT2D eigenvalue weighted by Gasteiger charge is -2.15. The zero-order chi connectivity index (χ0) is 17.6. The van der Waals surface area contributed by atoms with Crippen molar-refractivity contribution in [2.75, 3.05) is 0 Å². The van der Waals surface area contributed by atoms with Gasteiger partial charge in [0.25, 0.3) is 0 Å². The van der Waals surface area contributed by atoms with Crippen molar-refractivity contribution < 1.29 is 9.59 Å². The number of amides is 1. The van der Waals surface area contributed by atoms with Crippen LogP contribution in [0.15, 0.2) is 54.6 Å². The summed E-state index contributed by atoms with van der Waals surface area (Å²) in [6, 6.07) is 19.0. The molecule has 2 aromatic carbocycles. The van der Waals surface area contributed by atoms with Crippen LogP contribution in [-0.2, 0) is 16.0 Å². The third-order valence-corrected chi connectivity index (χ3v) is 5.21. The van der Waals surface area contributed by atoms with Crippen LogP contribution in [0.3, 0.4) is 0 Å². The van der Waals surface area contributed by atoms with E-state index in [1.54, 1.807) is 6.92 Å². The van der Waals surface area contributed by atoms with Crippen LogP contribution in [0.1, 0.15) is 31.7 Å². The smallest absolute Gasteiger partial charge is 0.221 e. The van der Waals surface area contributed by atoms with Crippen molar-refractivity contribution >= 4 is 22.8 Å². The average Bonchev–Trinajstić information content (AvgIpc) is 3.39. The lowest BCUT2D eigenvalue weighted by atomic mass is 10.0. The SMILES string of the molecule is CC(=O)SC(CC(=O)NC1CC1)Cc1ccc(-c2ccccc2)cc1. The summed E-state index contributed by atoms with van der Waals surface area (Å²) < 4.78 is 0. The number of hydrogen-bond donors (Lipinski definition) is 1. The topological polar surface area (TPSA) is 46.2 Å². The molecule has 0 aliphatic heterocycles. The van der Waals surface area contributed by atoms with E-state index in [-0.39, 0.29) is 16.3 Å². The quantitative estimate of drug-likeness (QED) is 0.811. The Labute approximate surface area is 153 Å². The van der Waals surface area contributed by atoms with Gasteiger partial charge in [-0.3, -0.25) is 9.59 Å². The molecule has 3 rings (SSSR count). The second-order valence-corrected chi connectivity index (χ2v) is 8.02. The molecule has 25 heavy (non-hydrogen) atoms. The maximum Gasteiger partial charge on any atom is 0.221 e. The molecule has 1 aliphatic rings. The van der Waals surface area contributed by atoms with Gasteiger partial charge in [0.05, 0.1) is 0 Å². The maximum absolute atomic E-state index is 12.1. The predicted molar refractivity (Wildman–Crippen MR) is 103 cm³/mol. The normalized spacial score (nSPS) is 14.8. The van der Waals surface area contributed by atoms with Crippen LogP contribution in [0.4, 0.5) is 0 Å². The van der Waals surface area contributed by atoms with E-state index < -0.39 is 0 Å². The van der Waals surface area contributed by atoms with Gasteiger partial charge in [-0.1, -0.05) is 66.4 Å². The van der Waals surface area contributed by atoms with Crippen LogP contribution in [0.5, 0.6) is 0 Å². The fourth-order valence-electron chi connectivity index (χ4n) is 2.84. The Morgan fingerprint density at radius 3 is 2.28 bits per heavy atom. The molecule has 4 heteroatoms. The summed E-state index contributed by atoms with van der Waals surface area (Å²) in [7, 11) is 0. The van der Waals surface area contributed by atoms with E-state index in [9.17, 15) is 9.59 Å². The van der Waals surface area contributed by atoms with E-state index >= 15 is 0 Å². The molecule has 1 N–H and O–H groups in total. The summed E-state index contributed by atoms with van der Waals surface area (Å²) in [4.78, 5) is 23.6. The molecule has 2 aromatic rings. The van der Waals surface area contributed by atoms with Crippen LogP contribution >= 0.6 is 11.8 Å². The Bertz CT molecular complexity index is 723. The zero-order valence-corrected chi connectivity index (χ0v) is 15.2. The molecule has 130 valence electrons. The summed E-state index contributed by atoms with van der Waals surface area (Å²) >= 11 is 1.27. The molecule has 1 amide bonds. The van der Waals surface area contributed by atoms with Crippen LogP contribution in [0.25, 0.3) is 11.1 Å². The summed E-state index contributed by atoms with van der Waals surface area (Å²) in [6.45, 7) is 1.56. The molecule has 0 saturated heterocycles. The van der Waals surface area contributed by atoms with E-state index in [4.69, 9.17) is 0 Å². The molecule has 0 aromatic heterocycles. The number of carbonyl (C=O) groups is 2. The monoisotopic (exact) mass is 353 g/mol. The fourth-order valence-corrected chi connectivity index (χ4v) is 3.82. The highest BCUT2D eigenvalue weighted by atomic mass is 32.2. The molecule has 0 spiro atoms.